The molecule has 18 heavy (non-hydrogen) atoms. The lowest BCUT2D eigenvalue weighted by molar-refractivity contribution is -0.119. The highest BCUT2D eigenvalue weighted by molar-refractivity contribution is 9.10. The fourth-order valence-corrected chi connectivity index (χ4v) is 1.99. The van der Waals surface area contributed by atoms with Gasteiger partial charge in [-0.25, -0.2) is 4.79 Å². The van der Waals surface area contributed by atoms with E-state index in [0.717, 1.165) is 17.3 Å². The SMILES string of the molecule is CCCC(C)C(=O)Nc1cc(Br)ccc1C(=O)O. The summed E-state index contributed by atoms with van der Waals surface area (Å²) in [6, 6.07) is 4.70. The van der Waals surface area contributed by atoms with E-state index < -0.39 is 5.97 Å². The van der Waals surface area contributed by atoms with E-state index in [2.05, 4.69) is 21.2 Å². The van der Waals surface area contributed by atoms with E-state index in [1.54, 1.807) is 12.1 Å². The number of rotatable bonds is 5. The largest absolute Gasteiger partial charge is 0.478 e. The van der Waals surface area contributed by atoms with Gasteiger partial charge >= 0.3 is 5.97 Å². The lowest BCUT2D eigenvalue weighted by atomic mass is 10.0. The number of halogens is 1. The molecule has 0 saturated carbocycles. The third-order valence-electron chi connectivity index (χ3n) is 2.64. The number of hydrogen-bond acceptors (Lipinski definition) is 2. The van der Waals surface area contributed by atoms with E-state index in [4.69, 9.17) is 5.11 Å². The summed E-state index contributed by atoms with van der Waals surface area (Å²) in [7, 11) is 0. The first-order valence-corrected chi connectivity index (χ1v) is 6.58. The number of carbonyl (C=O) groups excluding carboxylic acids is 1. The third kappa shape index (κ3) is 3.84. The lowest BCUT2D eigenvalue weighted by Crippen LogP contribution is -2.21. The van der Waals surface area contributed by atoms with E-state index in [0.29, 0.717) is 5.69 Å². The molecule has 5 heteroatoms. The first-order chi connectivity index (χ1) is 8.45. The molecule has 1 aromatic carbocycles. The maximum absolute atomic E-state index is 11.9. The Hall–Kier alpha value is -1.36. The zero-order valence-corrected chi connectivity index (χ0v) is 12.0. The predicted molar refractivity (Wildman–Crippen MR) is 73.8 cm³/mol. The molecular formula is C13H16BrNO3. The molecule has 0 radical (unpaired) electrons. The topological polar surface area (TPSA) is 66.4 Å². The minimum absolute atomic E-state index is 0.0928. The molecule has 0 aromatic heterocycles. The fraction of sp³-hybridized carbons (Fsp3) is 0.385. The zero-order chi connectivity index (χ0) is 13.7. The Morgan fingerprint density at radius 3 is 2.67 bits per heavy atom. The number of hydrogen-bond donors (Lipinski definition) is 2. The molecule has 0 fully saturated rings. The van der Waals surface area contributed by atoms with E-state index in [9.17, 15) is 9.59 Å². The van der Waals surface area contributed by atoms with Crippen LogP contribution in [0.5, 0.6) is 0 Å². The van der Waals surface area contributed by atoms with Crippen LogP contribution in [0.1, 0.15) is 37.0 Å². The van der Waals surface area contributed by atoms with Gasteiger partial charge in [0.05, 0.1) is 11.3 Å². The first kappa shape index (κ1) is 14.7. The number of aromatic carboxylic acids is 1. The summed E-state index contributed by atoms with van der Waals surface area (Å²) in [6.45, 7) is 3.84. The average molecular weight is 314 g/mol. The first-order valence-electron chi connectivity index (χ1n) is 5.79. The van der Waals surface area contributed by atoms with E-state index in [-0.39, 0.29) is 17.4 Å². The van der Waals surface area contributed by atoms with Crippen molar-refractivity contribution in [2.24, 2.45) is 5.92 Å². The highest BCUT2D eigenvalue weighted by atomic mass is 79.9. The number of benzene rings is 1. The number of carboxylic acids is 1. The second-order valence-corrected chi connectivity index (χ2v) is 5.09. The van der Waals surface area contributed by atoms with Crippen LogP contribution in [0.2, 0.25) is 0 Å². The molecule has 0 heterocycles. The summed E-state index contributed by atoms with van der Waals surface area (Å²) < 4.78 is 0.728. The highest BCUT2D eigenvalue weighted by Crippen LogP contribution is 2.22. The zero-order valence-electron chi connectivity index (χ0n) is 10.4. The van der Waals surface area contributed by atoms with Crippen molar-refractivity contribution < 1.29 is 14.7 Å². The summed E-state index contributed by atoms with van der Waals surface area (Å²) in [6.07, 6.45) is 1.70. The molecule has 0 aliphatic carbocycles. The highest BCUT2D eigenvalue weighted by Gasteiger charge is 2.16. The van der Waals surface area contributed by atoms with Gasteiger partial charge in [-0.2, -0.15) is 0 Å². The number of nitrogens with one attached hydrogen (secondary N) is 1. The Labute approximate surface area is 115 Å². The van der Waals surface area contributed by atoms with Gasteiger partial charge in [0.2, 0.25) is 5.91 Å². The van der Waals surface area contributed by atoms with Gasteiger partial charge in [0.1, 0.15) is 0 Å². The lowest BCUT2D eigenvalue weighted by Gasteiger charge is -2.13. The summed E-state index contributed by atoms with van der Waals surface area (Å²) in [4.78, 5) is 22.9. The van der Waals surface area contributed by atoms with Crippen LogP contribution >= 0.6 is 15.9 Å². The minimum Gasteiger partial charge on any atom is -0.478 e. The second kappa shape index (κ2) is 6.54. The summed E-state index contributed by atoms with van der Waals surface area (Å²) in [5.41, 5.74) is 0.417. The van der Waals surface area contributed by atoms with Crippen molar-refractivity contribution in [3.05, 3.63) is 28.2 Å². The third-order valence-corrected chi connectivity index (χ3v) is 3.13. The van der Waals surface area contributed by atoms with Crippen molar-refractivity contribution in [2.75, 3.05) is 5.32 Å². The smallest absolute Gasteiger partial charge is 0.337 e. The van der Waals surface area contributed by atoms with Crippen molar-refractivity contribution in [3.8, 4) is 0 Å². The van der Waals surface area contributed by atoms with Gasteiger partial charge in [0, 0.05) is 10.4 Å². The van der Waals surface area contributed by atoms with Crippen LogP contribution in [0.25, 0.3) is 0 Å². The predicted octanol–water partition coefficient (Wildman–Crippen LogP) is 3.52. The fourth-order valence-electron chi connectivity index (χ4n) is 1.63. The molecule has 1 aromatic rings. The molecule has 1 atom stereocenters. The molecule has 0 aliphatic heterocycles. The normalized spacial score (nSPS) is 11.9. The van der Waals surface area contributed by atoms with Gasteiger partial charge in [-0.05, 0) is 24.6 Å². The van der Waals surface area contributed by atoms with Crippen LogP contribution < -0.4 is 5.32 Å². The van der Waals surface area contributed by atoms with Gasteiger partial charge in [0.25, 0.3) is 0 Å². The van der Waals surface area contributed by atoms with Crippen LogP contribution in [-0.2, 0) is 4.79 Å². The molecule has 0 saturated heterocycles. The molecule has 0 spiro atoms. The van der Waals surface area contributed by atoms with Gasteiger partial charge < -0.3 is 10.4 Å². The summed E-state index contributed by atoms with van der Waals surface area (Å²) in [5.74, 6) is -1.34. The van der Waals surface area contributed by atoms with Crippen molar-refractivity contribution in [1.82, 2.24) is 0 Å². The molecule has 0 bridgehead atoms. The Kier molecular flexibility index (Phi) is 5.34. The van der Waals surface area contributed by atoms with E-state index in [1.165, 1.54) is 6.07 Å². The molecular weight excluding hydrogens is 298 g/mol. The van der Waals surface area contributed by atoms with E-state index in [1.807, 2.05) is 13.8 Å². The number of carboxylic acid groups (broad SMARTS) is 1. The van der Waals surface area contributed by atoms with Crippen LogP contribution in [0.15, 0.2) is 22.7 Å². The van der Waals surface area contributed by atoms with Crippen LogP contribution in [-0.4, -0.2) is 17.0 Å². The molecule has 2 N–H and O–H groups in total. The molecule has 1 unspecified atom stereocenters. The molecule has 1 rings (SSSR count). The summed E-state index contributed by atoms with van der Waals surface area (Å²) >= 11 is 3.26. The Bertz CT molecular complexity index is 460. The molecule has 98 valence electrons. The number of anilines is 1. The van der Waals surface area contributed by atoms with Crippen molar-refractivity contribution >= 4 is 33.5 Å². The van der Waals surface area contributed by atoms with Crippen molar-refractivity contribution in [1.29, 1.82) is 0 Å². The summed E-state index contributed by atoms with van der Waals surface area (Å²) in [5, 5.41) is 11.7. The Morgan fingerprint density at radius 2 is 2.11 bits per heavy atom. The van der Waals surface area contributed by atoms with Crippen LogP contribution in [0.4, 0.5) is 5.69 Å². The quantitative estimate of drug-likeness (QED) is 0.874. The van der Waals surface area contributed by atoms with Gasteiger partial charge in [-0.15, -0.1) is 0 Å². The van der Waals surface area contributed by atoms with Crippen LogP contribution in [0.3, 0.4) is 0 Å². The van der Waals surface area contributed by atoms with Gasteiger partial charge in [0.15, 0.2) is 0 Å². The maximum atomic E-state index is 11.9. The minimum atomic E-state index is -1.05. The average Bonchev–Trinajstić information content (AvgIpc) is 2.28. The molecule has 4 nitrogen and oxygen atoms in total. The Balaban J connectivity index is 2.92. The number of carbonyl (C=O) groups is 2. The number of amides is 1. The van der Waals surface area contributed by atoms with Crippen LogP contribution in [0, 0.1) is 5.92 Å². The molecule has 0 aliphatic rings. The monoisotopic (exact) mass is 313 g/mol. The van der Waals surface area contributed by atoms with E-state index >= 15 is 0 Å². The second-order valence-electron chi connectivity index (χ2n) is 4.17. The van der Waals surface area contributed by atoms with Gasteiger partial charge in [-0.3, -0.25) is 4.79 Å². The molecule has 1 amide bonds. The van der Waals surface area contributed by atoms with Crippen molar-refractivity contribution in [3.63, 3.8) is 0 Å². The Morgan fingerprint density at radius 1 is 1.44 bits per heavy atom. The standard InChI is InChI=1S/C13H16BrNO3/c1-3-4-8(2)12(16)15-11-7-9(14)5-6-10(11)13(17)18/h5-8H,3-4H2,1-2H3,(H,15,16)(H,17,18). The van der Waals surface area contributed by atoms with Gasteiger partial charge in [-0.1, -0.05) is 36.2 Å². The van der Waals surface area contributed by atoms with Crippen molar-refractivity contribution in [2.45, 2.75) is 26.7 Å². The maximum Gasteiger partial charge on any atom is 0.337 e.